The van der Waals surface area contributed by atoms with Gasteiger partial charge in [0.05, 0.1) is 6.54 Å². The first kappa shape index (κ1) is 9.65. The van der Waals surface area contributed by atoms with E-state index in [1.54, 1.807) is 0 Å². The van der Waals surface area contributed by atoms with E-state index in [0.29, 0.717) is 0 Å². The number of hydrogen-bond donors (Lipinski definition) is 0. The van der Waals surface area contributed by atoms with Gasteiger partial charge in [0.2, 0.25) is 0 Å². The zero-order valence-corrected chi connectivity index (χ0v) is 9.03. The van der Waals surface area contributed by atoms with Crippen molar-refractivity contribution in [2.75, 3.05) is 13.1 Å². The van der Waals surface area contributed by atoms with Crippen molar-refractivity contribution in [2.24, 2.45) is 7.05 Å². The molecule has 0 aromatic carbocycles. The third-order valence-electron chi connectivity index (χ3n) is 2.84. The summed E-state index contributed by atoms with van der Waals surface area (Å²) in [5.41, 5.74) is 0. The van der Waals surface area contributed by atoms with Gasteiger partial charge >= 0.3 is 0 Å². The van der Waals surface area contributed by atoms with Gasteiger partial charge in [-0.15, -0.1) is 0 Å². The monoisotopic (exact) mass is 194 g/mol. The molecule has 0 unspecified atom stereocenters. The van der Waals surface area contributed by atoms with E-state index in [-0.39, 0.29) is 0 Å². The van der Waals surface area contributed by atoms with Gasteiger partial charge in [0, 0.05) is 7.05 Å². The smallest absolute Gasteiger partial charge is 0.164 e. The molecule has 0 aliphatic carbocycles. The summed E-state index contributed by atoms with van der Waals surface area (Å²) >= 11 is 0. The first-order valence-electron chi connectivity index (χ1n) is 5.34. The Morgan fingerprint density at radius 3 is 2.50 bits per heavy atom. The van der Waals surface area contributed by atoms with Crippen LogP contribution in [0, 0.1) is 6.92 Å². The quantitative estimate of drug-likeness (QED) is 0.707. The van der Waals surface area contributed by atoms with Gasteiger partial charge in [0.15, 0.2) is 5.82 Å². The fourth-order valence-electron chi connectivity index (χ4n) is 1.91. The van der Waals surface area contributed by atoms with E-state index >= 15 is 0 Å². The van der Waals surface area contributed by atoms with E-state index in [1.165, 1.54) is 32.4 Å². The minimum absolute atomic E-state index is 0.918. The first-order chi connectivity index (χ1) is 6.75. The number of rotatable bonds is 2. The van der Waals surface area contributed by atoms with Crippen molar-refractivity contribution in [3.05, 3.63) is 11.6 Å². The standard InChI is InChI=1S/C10H18N4/c1-9-11-10(12-13(9)2)8-14-6-4-3-5-7-14/h3-8H2,1-2H3. The van der Waals surface area contributed by atoms with Crippen LogP contribution in [0.3, 0.4) is 0 Å². The lowest BCUT2D eigenvalue weighted by Crippen LogP contribution is -2.29. The molecule has 1 aliphatic heterocycles. The molecule has 1 aromatic rings. The van der Waals surface area contributed by atoms with Crippen LogP contribution in [0.5, 0.6) is 0 Å². The molecule has 14 heavy (non-hydrogen) atoms. The van der Waals surface area contributed by atoms with Gasteiger partial charge in [-0.1, -0.05) is 6.42 Å². The van der Waals surface area contributed by atoms with Crippen molar-refractivity contribution in [2.45, 2.75) is 32.7 Å². The highest BCUT2D eigenvalue weighted by Crippen LogP contribution is 2.10. The molecule has 1 saturated heterocycles. The molecule has 1 aromatic heterocycles. The van der Waals surface area contributed by atoms with Gasteiger partial charge in [-0.2, -0.15) is 5.10 Å². The van der Waals surface area contributed by atoms with Gasteiger partial charge in [0.25, 0.3) is 0 Å². The van der Waals surface area contributed by atoms with Crippen molar-refractivity contribution in [1.29, 1.82) is 0 Å². The summed E-state index contributed by atoms with van der Waals surface area (Å²) < 4.78 is 1.85. The van der Waals surface area contributed by atoms with Gasteiger partial charge in [-0.3, -0.25) is 9.58 Å². The third kappa shape index (κ3) is 2.12. The normalized spacial score (nSPS) is 18.7. The molecule has 0 saturated carbocycles. The second-order valence-electron chi connectivity index (χ2n) is 4.04. The molecule has 2 rings (SSSR count). The number of aryl methyl sites for hydroxylation is 2. The summed E-state index contributed by atoms with van der Waals surface area (Å²) in [6.45, 7) is 5.32. The average Bonchev–Trinajstić information content (AvgIpc) is 2.47. The summed E-state index contributed by atoms with van der Waals surface area (Å²) in [6, 6.07) is 0. The van der Waals surface area contributed by atoms with Crippen LogP contribution in [0.1, 0.15) is 30.9 Å². The molecule has 0 atom stereocenters. The zero-order chi connectivity index (χ0) is 9.97. The molecule has 2 heterocycles. The topological polar surface area (TPSA) is 34.0 Å². The maximum absolute atomic E-state index is 4.41. The second kappa shape index (κ2) is 4.09. The Kier molecular flexibility index (Phi) is 2.82. The lowest BCUT2D eigenvalue weighted by molar-refractivity contribution is 0.216. The van der Waals surface area contributed by atoms with Gasteiger partial charge in [-0.05, 0) is 32.9 Å². The molecule has 0 N–H and O–H groups in total. The predicted octanol–water partition coefficient (Wildman–Crippen LogP) is 1.11. The highest BCUT2D eigenvalue weighted by atomic mass is 15.3. The molecule has 4 nitrogen and oxygen atoms in total. The average molecular weight is 194 g/mol. The van der Waals surface area contributed by atoms with Crippen LogP contribution >= 0.6 is 0 Å². The van der Waals surface area contributed by atoms with E-state index in [0.717, 1.165) is 18.2 Å². The molecular weight excluding hydrogens is 176 g/mol. The minimum atomic E-state index is 0.918. The predicted molar refractivity (Wildman–Crippen MR) is 54.9 cm³/mol. The lowest BCUT2D eigenvalue weighted by atomic mass is 10.1. The van der Waals surface area contributed by atoms with E-state index in [1.807, 2.05) is 18.7 Å². The number of piperidine rings is 1. The summed E-state index contributed by atoms with van der Waals surface area (Å²) in [4.78, 5) is 6.86. The van der Waals surface area contributed by atoms with Gasteiger partial charge in [0.1, 0.15) is 5.82 Å². The minimum Gasteiger partial charge on any atom is -0.296 e. The Morgan fingerprint density at radius 1 is 1.21 bits per heavy atom. The van der Waals surface area contributed by atoms with E-state index in [9.17, 15) is 0 Å². The molecular formula is C10H18N4. The molecule has 0 amide bonds. The highest BCUT2D eigenvalue weighted by Gasteiger charge is 2.12. The molecule has 0 radical (unpaired) electrons. The molecule has 0 spiro atoms. The van der Waals surface area contributed by atoms with Crippen LogP contribution in [0.15, 0.2) is 0 Å². The van der Waals surface area contributed by atoms with Gasteiger partial charge in [-0.25, -0.2) is 4.98 Å². The van der Waals surface area contributed by atoms with E-state index in [2.05, 4.69) is 15.0 Å². The van der Waals surface area contributed by atoms with Crippen molar-refractivity contribution in [3.8, 4) is 0 Å². The van der Waals surface area contributed by atoms with Gasteiger partial charge < -0.3 is 0 Å². The number of likely N-dealkylation sites (tertiary alicyclic amines) is 1. The highest BCUT2D eigenvalue weighted by molar-refractivity contribution is 4.90. The van der Waals surface area contributed by atoms with E-state index < -0.39 is 0 Å². The molecule has 1 aliphatic rings. The Balaban J connectivity index is 1.95. The zero-order valence-electron chi connectivity index (χ0n) is 9.03. The van der Waals surface area contributed by atoms with Crippen LogP contribution in [0.2, 0.25) is 0 Å². The van der Waals surface area contributed by atoms with Crippen LogP contribution < -0.4 is 0 Å². The number of hydrogen-bond acceptors (Lipinski definition) is 3. The summed E-state index contributed by atoms with van der Waals surface area (Å²) in [7, 11) is 1.95. The van der Waals surface area contributed by atoms with Crippen LogP contribution in [0.25, 0.3) is 0 Å². The van der Waals surface area contributed by atoms with Crippen molar-refractivity contribution in [1.82, 2.24) is 19.7 Å². The summed E-state index contributed by atoms with van der Waals surface area (Å²) in [5.74, 6) is 1.96. The molecule has 1 fully saturated rings. The largest absolute Gasteiger partial charge is 0.296 e. The fourth-order valence-corrected chi connectivity index (χ4v) is 1.91. The Labute approximate surface area is 84.9 Å². The van der Waals surface area contributed by atoms with Crippen molar-refractivity contribution in [3.63, 3.8) is 0 Å². The first-order valence-corrected chi connectivity index (χ1v) is 5.34. The summed E-state index contributed by atoms with van der Waals surface area (Å²) in [5, 5.41) is 4.37. The van der Waals surface area contributed by atoms with Crippen molar-refractivity contribution < 1.29 is 0 Å². The maximum atomic E-state index is 4.41. The Bertz CT molecular complexity index is 280. The second-order valence-corrected chi connectivity index (χ2v) is 4.04. The SMILES string of the molecule is Cc1nc(CN2CCCCC2)nn1C. The third-order valence-corrected chi connectivity index (χ3v) is 2.84. The molecule has 4 heteroatoms. The molecule has 0 bridgehead atoms. The molecule has 78 valence electrons. The van der Waals surface area contributed by atoms with Crippen LogP contribution in [-0.4, -0.2) is 32.8 Å². The van der Waals surface area contributed by atoms with Crippen LogP contribution in [0.4, 0.5) is 0 Å². The summed E-state index contributed by atoms with van der Waals surface area (Å²) in [6.07, 6.45) is 4.03. The van der Waals surface area contributed by atoms with Crippen LogP contribution in [-0.2, 0) is 13.6 Å². The lowest BCUT2D eigenvalue weighted by Gasteiger charge is -2.24. The number of aromatic nitrogens is 3. The van der Waals surface area contributed by atoms with Crippen molar-refractivity contribution >= 4 is 0 Å². The Morgan fingerprint density at radius 2 is 1.93 bits per heavy atom. The Hall–Kier alpha value is -0.900. The van der Waals surface area contributed by atoms with E-state index in [4.69, 9.17) is 0 Å². The maximum Gasteiger partial charge on any atom is 0.164 e. The fraction of sp³-hybridized carbons (Fsp3) is 0.800. The number of nitrogens with zero attached hydrogens (tertiary/aromatic N) is 4.